The van der Waals surface area contributed by atoms with Gasteiger partial charge in [-0.25, -0.2) is 4.68 Å². The summed E-state index contributed by atoms with van der Waals surface area (Å²) in [6.07, 6.45) is 4.52. The van der Waals surface area contributed by atoms with Crippen molar-refractivity contribution in [2.45, 2.75) is 25.7 Å². The highest BCUT2D eigenvalue weighted by Crippen LogP contribution is 2.40. The predicted molar refractivity (Wildman–Crippen MR) is 124 cm³/mol. The minimum atomic E-state index is 0.0541. The van der Waals surface area contributed by atoms with Crippen LogP contribution in [0.5, 0.6) is 0 Å². The van der Waals surface area contributed by atoms with Gasteiger partial charge in [-0.2, -0.15) is 10.4 Å². The number of thiophene rings is 1. The minimum Gasteiger partial charge on any atom is -0.335 e. The summed E-state index contributed by atoms with van der Waals surface area (Å²) >= 11 is 1.77. The molecule has 6 nitrogen and oxygen atoms in total. The lowest BCUT2D eigenvalue weighted by Gasteiger charge is -2.34. The number of amides is 1. The van der Waals surface area contributed by atoms with Gasteiger partial charge in [-0.1, -0.05) is 0 Å². The van der Waals surface area contributed by atoms with E-state index in [1.54, 1.807) is 23.5 Å². The Morgan fingerprint density at radius 3 is 2.59 bits per heavy atom. The summed E-state index contributed by atoms with van der Waals surface area (Å²) in [5, 5.41) is 16.2. The summed E-state index contributed by atoms with van der Waals surface area (Å²) in [7, 11) is 0. The van der Waals surface area contributed by atoms with Crippen molar-refractivity contribution >= 4 is 17.2 Å². The first-order chi connectivity index (χ1) is 15.7. The molecule has 0 radical (unpaired) electrons. The molecule has 1 saturated heterocycles. The summed E-state index contributed by atoms with van der Waals surface area (Å²) in [5.74, 6) is 0.936. The maximum Gasteiger partial charge on any atom is 0.274 e. The molecule has 1 amide bonds. The quantitative estimate of drug-likeness (QED) is 0.616. The maximum absolute atomic E-state index is 13.6. The Hall–Kier alpha value is -2.95. The van der Waals surface area contributed by atoms with Crippen LogP contribution in [0.3, 0.4) is 0 Å². The van der Waals surface area contributed by atoms with Crippen LogP contribution < -0.4 is 0 Å². The number of hydrogen-bond acceptors (Lipinski definition) is 5. The number of nitrogens with zero attached hydrogens (tertiary/aromatic N) is 5. The highest BCUT2D eigenvalue weighted by molar-refractivity contribution is 7.10. The third-order valence-electron chi connectivity index (χ3n) is 6.90. The fraction of sp³-hybridized carbons (Fsp3) is 0.400. The second-order valence-electron chi connectivity index (χ2n) is 9.04. The van der Waals surface area contributed by atoms with E-state index in [-0.39, 0.29) is 5.91 Å². The van der Waals surface area contributed by atoms with Crippen LogP contribution in [0.1, 0.15) is 39.3 Å². The Bertz CT molecular complexity index is 1210. The number of aryl methyl sites for hydroxylation is 1. The fourth-order valence-corrected chi connectivity index (χ4v) is 5.81. The van der Waals surface area contributed by atoms with Crippen LogP contribution in [0.4, 0.5) is 0 Å². The molecule has 0 unspecified atom stereocenters. The van der Waals surface area contributed by atoms with Crippen LogP contribution in [0, 0.1) is 17.2 Å². The molecule has 1 saturated carbocycles. The highest BCUT2D eigenvalue weighted by atomic mass is 32.1. The normalized spacial score (nSPS) is 18.2. The van der Waals surface area contributed by atoms with Crippen molar-refractivity contribution in [3.05, 3.63) is 57.4 Å². The van der Waals surface area contributed by atoms with Gasteiger partial charge >= 0.3 is 0 Å². The number of nitriles is 1. The number of fused-ring (bicyclic) bond motifs is 3. The van der Waals surface area contributed by atoms with Crippen molar-refractivity contribution < 1.29 is 4.79 Å². The van der Waals surface area contributed by atoms with Gasteiger partial charge in [-0.05, 0) is 67.3 Å². The predicted octanol–water partition coefficient (Wildman–Crippen LogP) is 3.74. The van der Waals surface area contributed by atoms with Gasteiger partial charge < -0.3 is 4.90 Å². The van der Waals surface area contributed by atoms with Gasteiger partial charge in [-0.15, -0.1) is 11.3 Å². The van der Waals surface area contributed by atoms with E-state index in [1.165, 1.54) is 29.8 Å². The van der Waals surface area contributed by atoms with E-state index >= 15 is 0 Å². The zero-order valence-electron chi connectivity index (χ0n) is 18.0. The molecule has 2 aliphatic carbocycles. The lowest BCUT2D eigenvalue weighted by atomic mass is 9.94. The number of carbonyl (C=O) groups excluding carboxylic acids is 1. The van der Waals surface area contributed by atoms with E-state index in [9.17, 15) is 4.79 Å². The van der Waals surface area contributed by atoms with Crippen LogP contribution in [-0.4, -0.2) is 58.2 Å². The molecule has 2 aromatic heterocycles. The zero-order chi connectivity index (χ0) is 21.7. The molecule has 0 N–H and O–H groups in total. The summed E-state index contributed by atoms with van der Waals surface area (Å²) in [4.78, 5) is 19.4. The summed E-state index contributed by atoms with van der Waals surface area (Å²) in [5.41, 5.74) is 5.37. The van der Waals surface area contributed by atoms with Crippen molar-refractivity contribution in [2.75, 3.05) is 32.7 Å². The van der Waals surface area contributed by atoms with E-state index in [2.05, 4.69) is 22.4 Å². The van der Waals surface area contributed by atoms with Crippen molar-refractivity contribution in [1.29, 1.82) is 5.26 Å². The van der Waals surface area contributed by atoms with Gasteiger partial charge in [0.15, 0.2) is 5.69 Å². The van der Waals surface area contributed by atoms with E-state index in [0.717, 1.165) is 61.9 Å². The van der Waals surface area contributed by atoms with Gasteiger partial charge in [0.2, 0.25) is 0 Å². The number of hydrogen-bond donors (Lipinski definition) is 0. The number of carbonyl (C=O) groups is 1. The van der Waals surface area contributed by atoms with E-state index in [1.807, 2.05) is 21.7 Å². The zero-order valence-corrected chi connectivity index (χ0v) is 18.8. The Balaban J connectivity index is 1.34. The first-order valence-corrected chi connectivity index (χ1v) is 12.3. The maximum atomic E-state index is 13.6. The lowest BCUT2D eigenvalue weighted by Crippen LogP contribution is -2.49. The van der Waals surface area contributed by atoms with Gasteiger partial charge in [0, 0.05) is 48.7 Å². The Kier molecular flexibility index (Phi) is 4.85. The third-order valence-corrected chi connectivity index (χ3v) is 7.88. The molecule has 0 spiro atoms. The molecule has 3 heterocycles. The van der Waals surface area contributed by atoms with Crippen LogP contribution in [-0.2, 0) is 12.8 Å². The van der Waals surface area contributed by atoms with Gasteiger partial charge in [-0.3, -0.25) is 9.69 Å². The summed E-state index contributed by atoms with van der Waals surface area (Å²) < 4.78 is 1.91. The lowest BCUT2D eigenvalue weighted by molar-refractivity contribution is 0.0624. The second kappa shape index (κ2) is 7.88. The molecule has 0 bridgehead atoms. The van der Waals surface area contributed by atoms with Crippen LogP contribution in [0.25, 0.3) is 16.9 Å². The molecule has 3 aliphatic rings. The van der Waals surface area contributed by atoms with E-state index < -0.39 is 0 Å². The molecular weight excluding hydrogens is 418 g/mol. The largest absolute Gasteiger partial charge is 0.335 e. The molecule has 162 valence electrons. The number of aromatic nitrogens is 2. The smallest absolute Gasteiger partial charge is 0.274 e. The number of piperazine rings is 1. The molecule has 1 aromatic carbocycles. The Morgan fingerprint density at radius 2 is 1.88 bits per heavy atom. The van der Waals surface area contributed by atoms with E-state index in [0.29, 0.717) is 11.3 Å². The molecule has 32 heavy (non-hydrogen) atoms. The molecular formula is C25H25N5OS. The topological polar surface area (TPSA) is 65.2 Å². The van der Waals surface area contributed by atoms with Crippen molar-refractivity contribution in [3.8, 4) is 23.0 Å². The van der Waals surface area contributed by atoms with Crippen molar-refractivity contribution in [2.24, 2.45) is 5.92 Å². The van der Waals surface area contributed by atoms with Crippen LogP contribution >= 0.6 is 11.3 Å². The van der Waals surface area contributed by atoms with Crippen LogP contribution in [0.15, 0.2) is 35.7 Å². The Morgan fingerprint density at radius 1 is 1.09 bits per heavy atom. The first-order valence-electron chi connectivity index (χ1n) is 11.4. The summed E-state index contributed by atoms with van der Waals surface area (Å²) in [6.45, 7) is 4.64. The molecule has 2 fully saturated rings. The fourth-order valence-electron chi connectivity index (χ4n) is 4.93. The molecule has 0 atom stereocenters. The van der Waals surface area contributed by atoms with Crippen molar-refractivity contribution in [3.63, 3.8) is 0 Å². The minimum absolute atomic E-state index is 0.0541. The average molecular weight is 444 g/mol. The summed E-state index contributed by atoms with van der Waals surface area (Å²) in [6, 6.07) is 11.8. The number of benzene rings is 1. The molecule has 3 aromatic rings. The van der Waals surface area contributed by atoms with Gasteiger partial charge in [0.25, 0.3) is 5.91 Å². The standard InChI is InChI=1S/C25H25N5OS/c26-15-17-3-5-19(6-4-17)30-24-20-9-14-32-22(20)8-7-21(24)23(27-30)25(31)29-12-10-28(11-13-29)16-18-1-2-18/h3-6,9,14,18H,1-2,7-8,10-13,16H2. The van der Waals surface area contributed by atoms with E-state index in [4.69, 9.17) is 10.4 Å². The first kappa shape index (κ1) is 19.7. The van der Waals surface area contributed by atoms with Crippen molar-refractivity contribution in [1.82, 2.24) is 19.6 Å². The highest BCUT2D eigenvalue weighted by Gasteiger charge is 2.33. The monoisotopic (exact) mass is 443 g/mol. The SMILES string of the molecule is N#Cc1ccc(-n2nc(C(=O)N3CCN(CC4CC4)CC3)c3c2-c2ccsc2CC3)cc1. The molecule has 6 rings (SSSR count). The van der Waals surface area contributed by atoms with Crippen LogP contribution in [0.2, 0.25) is 0 Å². The molecule has 1 aliphatic heterocycles. The third kappa shape index (κ3) is 3.44. The second-order valence-corrected chi connectivity index (χ2v) is 10.0. The average Bonchev–Trinajstić information content (AvgIpc) is 3.37. The number of rotatable bonds is 4. The molecule has 7 heteroatoms. The van der Waals surface area contributed by atoms with Gasteiger partial charge in [0.1, 0.15) is 0 Å². The van der Waals surface area contributed by atoms with Gasteiger partial charge in [0.05, 0.1) is 23.0 Å². The Labute approximate surface area is 191 Å².